The topological polar surface area (TPSA) is 92.9 Å². The van der Waals surface area contributed by atoms with Crippen LogP contribution < -0.4 is 5.73 Å². The number of carbonyl (C=O) groups is 2. The number of rotatable bonds is 2. The van der Waals surface area contributed by atoms with Crippen molar-refractivity contribution in [3.63, 3.8) is 0 Å². The highest BCUT2D eigenvalue weighted by Crippen LogP contribution is 2.22. The van der Waals surface area contributed by atoms with Gasteiger partial charge in [-0.25, -0.2) is 4.79 Å². The molecule has 2 atom stereocenters. The molecule has 1 heterocycles. The van der Waals surface area contributed by atoms with E-state index in [9.17, 15) is 9.59 Å². The van der Waals surface area contributed by atoms with Crippen LogP contribution in [0.25, 0.3) is 0 Å². The summed E-state index contributed by atoms with van der Waals surface area (Å²) in [4.78, 5) is 23.1. The molecule has 3 N–H and O–H groups in total. The van der Waals surface area contributed by atoms with Crippen molar-refractivity contribution >= 4 is 23.8 Å². The van der Waals surface area contributed by atoms with Crippen LogP contribution in [0, 0.1) is 0 Å². The molecule has 0 spiro atoms. The largest absolute Gasteiger partial charge is 0.507 e. The maximum atomic E-state index is 11.5. The minimum atomic E-state index is -1.38. The monoisotopic (exact) mass is 220 g/mol. The Bertz CT molecular complexity index is 246. The molecule has 0 unspecified atom stereocenters. The number of hydrogen-bond acceptors (Lipinski definition) is 5. The molecule has 0 bridgehead atoms. The maximum Gasteiger partial charge on any atom is 0.507 e. The Morgan fingerprint density at radius 1 is 1.71 bits per heavy atom. The highest BCUT2D eigenvalue weighted by atomic mass is 32.2. The number of thioether (sulfide) groups is 1. The molecule has 0 aromatic rings. The van der Waals surface area contributed by atoms with Crippen molar-refractivity contribution < 1.29 is 19.4 Å². The van der Waals surface area contributed by atoms with E-state index in [1.807, 2.05) is 0 Å². The van der Waals surface area contributed by atoms with Crippen LogP contribution in [-0.2, 0) is 9.53 Å². The molecule has 0 radical (unpaired) electrons. The fraction of sp³-hybridized carbons (Fsp3) is 0.714. The van der Waals surface area contributed by atoms with Gasteiger partial charge in [0.05, 0.1) is 17.7 Å². The minimum Gasteiger partial charge on any atom is -0.450 e. The summed E-state index contributed by atoms with van der Waals surface area (Å²) < 4.78 is 4.54. The molecule has 1 amide bonds. The van der Waals surface area contributed by atoms with Gasteiger partial charge in [-0.1, -0.05) is 0 Å². The molecule has 14 heavy (non-hydrogen) atoms. The molecular formula is C7H12N2O4S. The predicted octanol–water partition coefficient (Wildman–Crippen LogP) is -0.113. The van der Waals surface area contributed by atoms with Gasteiger partial charge >= 0.3 is 6.16 Å². The van der Waals surface area contributed by atoms with Gasteiger partial charge in [0, 0.05) is 0 Å². The lowest BCUT2D eigenvalue weighted by atomic mass is 10.3. The van der Waals surface area contributed by atoms with E-state index in [1.165, 1.54) is 16.7 Å². The molecule has 0 aliphatic carbocycles. The SMILES string of the molecule is C[C@H](N)C(=O)N1CSC[C@H]1OC(=O)O. The van der Waals surface area contributed by atoms with Gasteiger partial charge in [0.15, 0.2) is 6.23 Å². The second-order valence-electron chi connectivity index (χ2n) is 2.93. The standard InChI is InChI=1S/C7H12N2O4S/c1-4(8)6(10)9-3-14-2-5(9)13-7(11)12/h4-5H,2-3,8H2,1H3,(H,11,12)/t4-,5+/m0/s1. The van der Waals surface area contributed by atoms with E-state index in [-0.39, 0.29) is 5.91 Å². The molecule has 0 aromatic heterocycles. The third kappa shape index (κ3) is 2.52. The van der Waals surface area contributed by atoms with Crippen LogP contribution in [0.2, 0.25) is 0 Å². The first kappa shape index (κ1) is 11.1. The van der Waals surface area contributed by atoms with Gasteiger partial charge in [-0.2, -0.15) is 0 Å². The van der Waals surface area contributed by atoms with E-state index < -0.39 is 18.4 Å². The number of hydrogen-bond donors (Lipinski definition) is 2. The second kappa shape index (κ2) is 4.52. The van der Waals surface area contributed by atoms with E-state index in [4.69, 9.17) is 10.8 Å². The Morgan fingerprint density at radius 2 is 2.36 bits per heavy atom. The van der Waals surface area contributed by atoms with E-state index in [1.54, 1.807) is 6.92 Å². The summed E-state index contributed by atoms with van der Waals surface area (Å²) in [6.07, 6.45) is -2.07. The predicted molar refractivity (Wildman–Crippen MR) is 50.7 cm³/mol. The van der Waals surface area contributed by atoms with Crippen LogP contribution in [0.5, 0.6) is 0 Å². The first-order chi connectivity index (χ1) is 6.52. The van der Waals surface area contributed by atoms with Crippen molar-refractivity contribution in [1.82, 2.24) is 4.90 Å². The van der Waals surface area contributed by atoms with Crippen LogP contribution in [0.3, 0.4) is 0 Å². The molecular weight excluding hydrogens is 208 g/mol. The Balaban J connectivity index is 2.59. The Hall–Kier alpha value is -0.950. The van der Waals surface area contributed by atoms with Crippen molar-refractivity contribution in [2.75, 3.05) is 11.6 Å². The van der Waals surface area contributed by atoms with Crippen LogP contribution in [0.15, 0.2) is 0 Å². The van der Waals surface area contributed by atoms with Gasteiger partial charge in [-0.3, -0.25) is 9.69 Å². The normalized spacial score (nSPS) is 23.3. The maximum absolute atomic E-state index is 11.5. The fourth-order valence-corrected chi connectivity index (χ4v) is 2.15. The zero-order valence-corrected chi connectivity index (χ0v) is 8.49. The number of nitrogens with two attached hydrogens (primary N) is 1. The molecule has 7 heteroatoms. The lowest BCUT2D eigenvalue weighted by Crippen LogP contribution is -2.46. The van der Waals surface area contributed by atoms with Crippen molar-refractivity contribution in [3.05, 3.63) is 0 Å². The summed E-state index contributed by atoms with van der Waals surface area (Å²) in [7, 11) is 0. The first-order valence-corrected chi connectivity index (χ1v) is 5.21. The highest BCUT2D eigenvalue weighted by molar-refractivity contribution is 7.99. The van der Waals surface area contributed by atoms with Crippen molar-refractivity contribution in [1.29, 1.82) is 0 Å². The fourth-order valence-electron chi connectivity index (χ4n) is 1.11. The molecule has 1 saturated heterocycles. The number of ether oxygens (including phenoxy) is 1. The van der Waals surface area contributed by atoms with Gasteiger partial charge in [0.2, 0.25) is 5.91 Å². The first-order valence-electron chi connectivity index (χ1n) is 4.05. The van der Waals surface area contributed by atoms with Gasteiger partial charge in [0.25, 0.3) is 0 Å². The van der Waals surface area contributed by atoms with Gasteiger partial charge in [0.1, 0.15) is 0 Å². The number of nitrogens with zero attached hydrogens (tertiary/aromatic N) is 1. The van der Waals surface area contributed by atoms with Crippen LogP contribution in [-0.4, -0.2) is 46.0 Å². The summed E-state index contributed by atoms with van der Waals surface area (Å²) in [6.45, 7) is 1.56. The lowest BCUT2D eigenvalue weighted by Gasteiger charge is -2.23. The highest BCUT2D eigenvalue weighted by Gasteiger charge is 2.33. The van der Waals surface area contributed by atoms with Gasteiger partial charge in [-0.15, -0.1) is 11.8 Å². The van der Waals surface area contributed by atoms with E-state index >= 15 is 0 Å². The minimum absolute atomic E-state index is 0.291. The summed E-state index contributed by atoms with van der Waals surface area (Å²) in [6, 6.07) is -0.631. The van der Waals surface area contributed by atoms with Crippen LogP contribution >= 0.6 is 11.8 Å². The van der Waals surface area contributed by atoms with E-state index in [0.717, 1.165) is 0 Å². The molecule has 1 fully saturated rings. The summed E-state index contributed by atoms with van der Waals surface area (Å²) in [5.41, 5.74) is 5.41. The van der Waals surface area contributed by atoms with Crippen molar-refractivity contribution in [3.8, 4) is 0 Å². The molecule has 0 aromatic carbocycles. The molecule has 0 saturated carbocycles. The average molecular weight is 220 g/mol. The van der Waals surface area contributed by atoms with Crippen LogP contribution in [0.1, 0.15) is 6.92 Å². The van der Waals surface area contributed by atoms with Gasteiger partial charge < -0.3 is 15.6 Å². The van der Waals surface area contributed by atoms with Crippen LogP contribution in [0.4, 0.5) is 4.79 Å². The average Bonchev–Trinajstić information content (AvgIpc) is 2.49. The summed E-state index contributed by atoms with van der Waals surface area (Å²) in [5, 5.41) is 8.41. The molecule has 1 aliphatic heterocycles. The van der Waals surface area contributed by atoms with Gasteiger partial charge in [-0.05, 0) is 6.92 Å². The molecule has 1 rings (SSSR count). The quantitative estimate of drug-likeness (QED) is 0.630. The number of amides is 1. The third-order valence-electron chi connectivity index (χ3n) is 1.75. The van der Waals surface area contributed by atoms with Crippen molar-refractivity contribution in [2.24, 2.45) is 5.73 Å². The Kier molecular flexibility index (Phi) is 3.59. The molecule has 80 valence electrons. The van der Waals surface area contributed by atoms with E-state index in [2.05, 4.69) is 4.74 Å². The number of carboxylic acid groups (broad SMARTS) is 1. The number of carbonyl (C=O) groups excluding carboxylic acids is 1. The smallest absolute Gasteiger partial charge is 0.450 e. The third-order valence-corrected chi connectivity index (χ3v) is 2.73. The lowest BCUT2D eigenvalue weighted by molar-refractivity contribution is -0.139. The zero-order valence-electron chi connectivity index (χ0n) is 7.67. The summed E-state index contributed by atoms with van der Waals surface area (Å²) in [5.74, 6) is 0.601. The molecule has 6 nitrogen and oxygen atoms in total. The van der Waals surface area contributed by atoms with E-state index in [0.29, 0.717) is 11.6 Å². The zero-order chi connectivity index (χ0) is 10.7. The Morgan fingerprint density at radius 3 is 2.86 bits per heavy atom. The Labute approximate surface area is 85.4 Å². The molecule has 1 aliphatic rings. The second-order valence-corrected chi connectivity index (χ2v) is 3.93. The van der Waals surface area contributed by atoms with Crippen molar-refractivity contribution in [2.45, 2.75) is 19.2 Å². The summed E-state index contributed by atoms with van der Waals surface area (Å²) >= 11 is 1.44.